The third-order valence-corrected chi connectivity index (χ3v) is 4.30. The fourth-order valence-corrected chi connectivity index (χ4v) is 2.75. The number of pyridine rings is 1. The Balaban J connectivity index is 1.70. The Kier molecular flexibility index (Phi) is 5.91. The average molecular weight is 377 g/mol. The lowest BCUT2D eigenvalue weighted by molar-refractivity contribution is -0.138. The summed E-state index contributed by atoms with van der Waals surface area (Å²) in [5.41, 5.74) is 8.49. The molecule has 1 atom stereocenters. The molecule has 3 rings (SSSR count). The van der Waals surface area contributed by atoms with Gasteiger partial charge < -0.3 is 20.5 Å². The standard InChI is InChI=1S/C22H23N3O3/c1-25(2)21-11-8-17(14-24-21)16-6-9-18(10-7-16)28-19-5-3-4-15(12-19)13-20(23)22(26)27/h3-12,14,20H,13,23H2,1-2H3,(H,26,27). The van der Waals surface area contributed by atoms with Gasteiger partial charge in [-0.1, -0.05) is 24.3 Å². The Morgan fingerprint density at radius 3 is 2.39 bits per heavy atom. The second-order valence-electron chi connectivity index (χ2n) is 6.72. The number of aromatic nitrogens is 1. The zero-order valence-corrected chi connectivity index (χ0v) is 15.9. The topological polar surface area (TPSA) is 88.7 Å². The zero-order valence-electron chi connectivity index (χ0n) is 15.9. The number of carboxylic acids is 1. The molecule has 0 saturated carbocycles. The van der Waals surface area contributed by atoms with Crippen LogP contribution >= 0.6 is 0 Å². The Bertz CT molecular complexity index is 938. The normalized spacial score (nSPS) is 11.7. The quantitative estimate of drug-likeness (QED) is 0.654. The highest BCUT2D eigenvalue weighted by Crippen LogP contribution is 2.27. The maximum Gasteiger partial charge on any atom is 0.320 e. The molecule has 6 heteroatoms. The largest absolute Gasteiger partial charge is 0.480 e. The number of hydrogen-bond acceptors (Lipinski definition) is 5. The third-order valence-electron chi connectivity index (χ3n) is 4.30. The number of carboxylic acid groups (broad SMARTS) is 1. The van der Waals surface area contributed by atoms with Crippen molar-refractivity contribution in [1.82, 2.24) is 4.98 Å². The summed E-state index contributed by atoms with van der Waals surface area (Å²) in [6, 6.07) is 18.1. The Morgan fingerprint density at radius 2 is 1.79 bits per heavy atom. The molecule has 0 aliphatic rings. The molecule has 1 aromatic heterocycles. The second-order valence-corrected chi connectivity index (χ2v) is 6.72. The van der Waals surface area contributed by atoms with E-state index in [1.807, 2.05) is 79.8 Å². The van der Waals surface area contributed by atoms with E-state index in [0.29, 0.717) is 11.5 Å². The van der Waals surface area contributed by atoms with Crippen LogP contribution in [0.25, 0.3) is 11.1 Å². The van der Waals surface area contributed by atoms with Crippen molar-refractivity contribution in [2.75, 3.05) is 19.0 Å². The highest BCUT2D eigenvalue weighted by Gasteiger charge is 2.12. The first-order valence-electron chi connectivity index (χ1n) is 8.91. The van der Waals surface area contributed by atoms with Gasteiger partial charge in [0.1, 0.15) is 23.4 Å². The fraction of sp³-hybridized carbons (Fsp3) is 0.182. The summed E-state index contributed by atoms with van der Waals surface area (Å²) < 4.78 is 5.89. The molecule has 0 radical (unpaired) electrons. The van der Waals surface area contributed by atoms with Gasteiger partial charge in [-0.25, -0.2) is 4.98 Å². The van der Waals surface area contributed by atoms with Gasteiger partial charge in [0.15, 0.2) is 0 Å². The van der Waals surface area contributed by atoms with Crippen LogP contribution < -0.4 is 15.4 Å². The van der Waals surface area contributed by atoms with Crippen LogP contribution in [0.4, 0.5) is 5.82 Å². The van der Waals surface area contributed by atoms with E-state index < -0.39 is 12.0 Å². The lowest BCUT2D eigenvalue weighted by Gasteiger charge is -2.12. The number of carbonyl (C=O) groups is 1. The summed E-state index contributed by atoms with van der Waals surface area (Å²) in [4.78, 5) is 17.3. The van der Waals surface area contributed by atoms with Crippen molar-refractivity contribution in [3.8, 4) is 22.6 Å². The molecule has 0 saturated heterocycles. The maximum absolute atomic E-state index is 10.9. The number of nitrogens with zero attached hydrogens (tertiary/aromatic N) is 2. The summed E-state index contributed by atoms with van der Waals surface area (Å²) in [7, 11) is 3.91. The van der Waals surface area contributed by atoms with E-state index in [4.69, 9.17) is 15.6 Å². The molecular formula is C22H23N3O3. The predicted molar refractivity (Wildman–Crippen MR) is 110 cm³/mol. The molecule has 144 valence electrons. The molecule has 0 fully saturated rings. The molecule has 6 nitrogen and oxygen atoms in total. The number of hydrogen-bond donors (Lipinski definition) is 2. The molecule has 3 N–H and O–H groups in total. The van der Waals surface area contributed by atoms with Crippen molar-refractivity contribution < 1.29 is 14.6 Å². The molecule has 0 aliphatic heterocycles. The van der Waals surface area contributed by atoms with Crippen LogP contribution in [0.15, 0.2) is 66.9 Å². The van der Waals surface area contributed by atoms with E-state index in [9.17, 15) is 4.79 Å². The zero-order chi connectivity index (χ0) is 20.1. The second kappa shape index (κ2) is 8.54. The summed E-state index contributed by atoms with van der Waals surface area (Å²) in [5.74, 6) is 1.22. The summed E-state index contributed by atoms with van der Waals surface area (Å²) in [6.45, 7) is 0. The molecule has 0 spiro atoms. The van der Waals surface area contributed by atoms with Crippen molar-refractivity contribution in [3.05, 3.63) is 72.4 Å². The van der Waals surface area contributed by atoms with Crippen LogP contribution in [0.3, 0.4) is 0 Å². The third kappa shape index (κ3) is 4.86. The maximum atomic E-state index is 10.9. The van der Waals surface area contributed by atoms with Gasteiger partial charge in [0.25, 0.3) is 0 Å². The van der Waals surface area contributed by atoms with Crippen LogP contribution in [0, 0.1) is 0 Å². The van der Waals surface area contributed by atoms with Gasteiger partial charge in [-0.15, -0.1) is 0 Å². The van der Waals surface area contributed by atoms with Crippen molar-refractivity contribution in [3.63, 3.8) is 0 Å². The van der Waals surface area contributed by atoms with Crippen LogP contribution in [0.1, 0.15) is 5.56 Å². The van der Waals surface area contributed by atoms with Crippen molar-refractivity contribution in [1.29, 1.82) is 0 Å². The number of nitrogens with two attached hydrogens (primary N) is 1. The van der Waals surface area contributed by atoms with Gasteiger partial charge in [-0.2, -0.15) is 0 Å². The molecular weight excluding hydrogens is 354 g/mol. The van der Waals surface area contributed by atoms with Gasteiger partial charge in [-0.05, 0) is 53.9 Å². The Morgan fingerprint density at radius 1 is 1.07 bits per heavy atom. The van der Waals surface area contributed by atoms with Gasteiger partial charge >= 0.3 is 5.97 Å². The average Bonchev–Trinajstić information content (AvgIpc) is 2.69. The first-order valence-corrected chi connectivity index (χ1v) is 8.91. The van der Waals surface area contributed by atoms with E-state index in [-0.39, 0.29) is 6.42 Å². The molecule has 0 aliphatic carbocycles. The SMILES string of the molecule is CN(C)c1ccc(-c2ccc(Oc3cccc(CC(N)C(=O)O)c3)cc2)cn1. The smallest absolute Gasteiger partial charge is 0.320 e. The first-order chi connectivity index (χ1) is 13.4. The van der Waals surface area contributed by atoms with Crippen LogP contribution in [-0.4, -0.2) is 36.2 Å². The fourth-order valence-electron chi connectivity index (χ4n) is 2.75. The Hall–Kier alpha value is -3.38. The van der Waals surface area contributed by atoms with Crippen molar-refractivity contribution in [2.45, 2.75) is 12.5 Å². The molecule has 28 heavy (non-hydrogen) atoms. The van der Waals surface area contributed by atoms with Crippen molar-refractivity contribution in [2.24, 2.45) is 5.73 Å². The predicted octanol–water partition coefficient (Wildman–Crippen LogP) is 3.56. The summed E-state index contributed by atoms with van der Waals surface area (Å²) in [6.07, 6.45) is 2.10. The number of rotatable bonds is 7. The molecule has 1 heterocycles. The van der Waals surface area contributed by atoms with E-state index in [0.717, 1.165) is 22.5 Å². The van der Waals surface area contributed by atoms with Crippen molar-refractivity contribution >= 4 is 11.8 Å². The molecule has 0 bridgehead atoms. The number of ether oxygens (including phenoxy) is 1. The minimum absolute atomic E-state index is 0.251. The van der Waals surface area contributed by atoms with Crippen LogP contribution in [-0.2, 0) is 11.2 Å². The minimum Gasteiger partial charge on any atom is -0.480 e. The molecule has 1 unspecified atom stereocenters. The van der Waals surface area contributed by atoms with Gasteiger partial charge in [0.05, 0.1) is 0 Å². The monoisotopic (exact) mass is 377 g/mol. The van der Waals surface area contributed by atoms with Gasteiger partial charge in [0.2, 0.25) is 0 Å². The molecule has 0 amide bonds. The van der Waals surface area contributed by atoms with E-state index in [1.54, 1.807) is 6.07 Å². The highest BCUT2D eigenvalue weighted by atomic mass is 16.5. The summed E-state index contributed by atoms with van der Waals surface area (Å²) >= 11 is 0. The minimum atomic E-state index is -1.02. The van der Waals surface area contributed by atoms with Gasteiger partial charge in [-0.3, -0.25) is 4.79 Å². The van der Waals surface area contributed by atoms with Crippen LogP contribution in [0.2, 0.25) is 0 Å². The number of anilines is 1. The lowest BCUT2D eigenvalue weighted by atomic mass is 10.1. The lowest BCUT2D eigenvalue weighted by Crippen LogP contribution is -2.32. The first kappa shape index (κ1) is 19.4. The molecule has 3 aromatic rings. The number of benzene rings is 2. The number of aliphatic carboxylic acids is 1. The molecule has 2 aromatic carbocycles. The summed E-state index contributed by atoms with van der Waals surface area (Å²) in [5, 5.41) is 8.95. The van der Waals surface area contributed by atoms with E-state index in [1.165, 1.54) is 0 Å². The highest BCUT2D eigenvalue weighted by molar-refractivity contribution is 5.73. The Labute approximate surface area is 164 Å². The van der Waals surface area contributed by atoms with Crippen LogP contribution in [0.5, 0.6) is 11.5 Å². The van der Waals surface area contributed by atoms with E-state index >= 15 is 0 Å². The van der Waals surface area contributed by atoms with E-state index in [2.05, 4.69) is 4.98 Å². The van der Waals surface area contributed by atoms with Gasteiger partial charge in [0, 0.05) is 25.9 Å².